The summed E-state index contributed by atoms with van der Waals surface area (Å²) in [5.74, 6) is 0.770. The van der Waals surface area contributed by atoms with Crippen molar-refractivity contribution in [2.75, 3.05) is 31.1 Å². The quantitative estimate of drug-likeness (QED) is 0.868. The molecule has 22 heavy (non-hydrogen) atoms. The third kappa shape index (κ3) is 2.92. The van der Waals surface area contributed by atoms with Crippen molar-refractivity contribution in [3.63, 3.8) is 0 Å². The lowest BCUT2D eigenvalue weighted by molar-refractivity contribution is 0.221. The van der Waals surface area contributed by atoms with E-state index in [0.717, 1.165) is 37.7 Å². The van der Waals surface area contributed by atoms with Crippen LogP contribution in [0.4, 0.5) is 5.95 Å². The molecule has 1 aromatic heterocycles. The number of aromatic nitrogens is 2. The molecule has 0 N–H and O–H groups in total. The highest BCUT2D eigenvalue weighted by molar-refractivity contribution is 5.34. The summed E-state index contributed by atoms with van der Waals surface area (Å²) in [6.45, 7) is 5.42. The predicted octanol–water partition coefficient (Wildman–Crippen LogP) is 2.17. The number of rotatable bonds is 3. The van der Waals surface area contributed by atoms with Crippen molar-refractivity contribution < 1.29 is 0 Å². The van der Waals surface area contributed by atoms with Gasteiger partial charge in [-0.3, -0.25) is 4.90 Å². The third-order valence-electron chi connectivity index (χ3n) is 4.12. The lowest BCUT2D eigenvalue weighted by Crippen LogP contribution is -2.48. The monoisotopic (exact) mass is 293 g/mol. The minimum Gasteiger partial charge on any atom is -0.338 e. The molecule has 0 aliphatic carbocycles. The predicted molar refractivity (Wildman–Crippen MR) is 85.4 cm³/mol. The van der Waals surface area contributed by atoms with E-state index in [0.29, 0.717) is 0 Å². The van der Waals surface area contributed by atoms with Crippen LogP contribution in [0.2, 0.25) is 0 Å². The summed E-state index contributed by atoms with van der Waals surface area (Å²) in [6, 6.07) is 12.2. The summed E-state index contributed by atoms with van der Waals surface area (Å²) < 4.78 is 0. The second-order valence-electron chi connectivity index (χ2n) is 5.46. The number of nitrogens with zero attached hydrogens (tertiary/aromatic N) is 5. The average molecular weight is 293 g/mol. The van der Waals surface area contributed by atoms with Crippen LogP contribution in [0.3, 0.4) is 0 Å². The summed E-state index contributed by atoms with van der Waals surface area (Å²) in [5.41, 5.74) is 2.28. The molecule has 1 atom stereocenters. The number of piperazine rings is 1. The second-order valence-corrected chi connectivity index (χ2v) is 5.46. The molecule has 1 aliphatic rings. The molecule has 5 heteroatoms. The van der Waals surface area contributed by atoms with Crippen LogP contribution >= 0.6 is 0 Å². The topological polar surface area (TPSA) is 56.1 Å². The van der Waals surface area contributed by atoms with Gasteiger partial charge in [-0.25, -0.2) is 9.97 Å². The molecule has 3 rings (SSSR count). The number of hydrogen-bond donors (Lipinski definition) is 0. The standard InChI is InChI=1S/C17H19N5/c1-14-5-2-3-6-15(14)16(13-18)21-9-11-22(12-10-21)17-19-7-4-8-20-17/h2-8,16H,9-12H2,1H3. The molecule has 1 fully saturated rings. The van der Waals surface area contributed by atoms with Gasteiger partial charge in [-0.2, -0.15) is 5.26 Å². The van der Waals surface area contributed by atoms with E-state index in [1.54, 1.807) is 12.4 Å². The van der Waals surface area contributed by atoms with E-state index in [-0.39, 0.29) is 6.04 Å². The van der Waals surface area contributed by atoms with Crippen LogP contribution in [-0.2, 0) is 0 Å². The van der Waals surface area contributed by atoms with Gasteiger partial charge in [0, 0.05) is 38.6 Å². The van der Waals surface area contributed by atoms with Gasteiger partial charge in [-0.1, -0.05) is 24.3 Å². The van der Waals surface area contributed by atoms with E-state index >= 15 is 0 Å². The SMILES string of the molecule is Cc1ccccc1C(C#N)N1CCN(c2ncccn2)CC1. The van der Waals surface area contributed by atoms with Crippen molar-refractivity contribution in [3.05, 3.63) is 53.9 Å². The van der Waals surface area contributed by atoms with Gasteiger partial charge in [-0.15, -0.1) is 0 Å². The summed E-state index contributed by atoms with van der Waals surface area (Å²) in [5, 5.41) is 9.61. The number of anilines is 1. The molecule has 5 nitrogen and oxygen atoms in total. The van der Waals surface area contributed by atoms with Gasteiger partial charge < -0.3 is 4.90 Å². The normalized spacial score (nSPS) is 17.0. The highest BCUT2D eigenvalue weighted by Crippen LogP contribution is 2.24. The van der Waals surface area contributed by atoms with Crippen molar-refractivity contribution in [1.82, 2.24) is 14.9 Å². The number of aryl methyl sites for hydroxylation is 1. The van der Waals surface area contributed by atoms with Gasteiger partial charge >= 0.3 is 0 Å². The summed E-state index contributed by atoms with van der Waals surface area (Å²) in [7, 11) is 0. The lowest BCUT2D eigenvalue weighted by atomic mass is 10.0. The van der Waals surface area contributed by atoms with Crippen LogP contribution in [0, 0.1) is 18.3 Å². The van der Waals surface area contributed by atoms with Gasteiger partial charge in [0.15, 0.2) is 0 Å². The van der Waals surface area contributed by atoms with Crippen molar-refractivity contribution in [1.29, 1.82) is 5.26 Å². The molecule has 1 aliphatic heterocycles. The van der Waals surface area contributed by atoms with Crippen LogP contribution in [0.5, 0.6) is 0 Å². The fraction of sp³-hybridized carbons (Fsp3) is 0.353. The maximum absolute atomic E-state index is 9.61. The molecule has 1 unspecified atom stereocenters. The van der Waals surface area contributed by atoms with Gasteiger partial charge in [-0.05, 0) is 24.1 Å². The van der Waals surface area contributed by atoms with Crippen molar-refractivity contribution in [3.8, 4) is 6.07 Å². The molecule has 1 saturated heterocycles. The third-order valence-corrected chi connectivity index (χ3v) is 4.12. The Balaban J connectivity index is 1.70. The van der Waals surface area contributed by atoms with E-state index in [1.807, 2.05) is 18.2 Å². The van der Waals surface area contributed by atoms with Crippen LogP contribution in [0.1, 0.15) is 17.2 Å². The Morgan fingerprint density at radius 1 is 1.05 bits per heavy atom. The molecule has 2 heterocycles. The molecule has 0 saturated carbocycles. The van der Waals surface area contributed by atoms with E-state index < -0.39 is 0 Å². The molecule has 0 spiro atoms. The molecule has 0 radical (unpaired) electrons. The smallest absolute Gasteiger partial charge is 0.225 e. The van der Waals surface area contributed by atoms with Crippen molar-refractivity contribution in [2.24, 2.45) is 0 Å². The Labute approximate surface area is 130 Å². The summed E-state index contributed by atoms with van der Waals surface area (Å²) in [4.78, 5) is 13.0. The number of benzene rings is 1. The Hall–Kier alpha value is -2.45. The lowest BCUT2D eigenvalue weighted by Gasteiger charge is -2.37. The Morgan fingerprint density at radius 3 is 2.36 bits per heavy atom. The van der Waals surface area contributed by atoms with Gasteiger partial charge in [0.2, 0.25) is 5.95 Å². The van der Waals surface area contributed by atoms with Crippen molar-refractivity contribution in [2.45, 2.75) is 13.0 Å². The highest BCUT2D eigenvalue weighted by atomic mass is 15.3. The van der Waals surface area contributed by atoms with Gasteiger partial charge in [0.1, 0.15) is 6.04 Å². The molecule has 1 aromatic carbocycles. The summed E-state index contributed by atoms with van der Waals surface area (Å²) >= 11 is 0. The number of nitriles is 1. The average Bonchev–Trinajstić information content (AvgIpc) is 2.59. The first kappa shape index (κ1) is 14.5. The minimum absolute atomic E-state index is 0.181. The zero-order valence-electron chi connectivity index (χ0n) is 12.7. The molecule has 112 valence electrons. The fourth-order valence-electron chi connectivity index (χ4n) is 2.88. The first-order valence-electron chi connectivity index (χ1n) is 7.51. The van der Waals surface area contributed by atoms with Crippen LogP contribution in [0.25, 0.3) is 0 Å². The zero-order valence-corrected chi connectivity index (χ0v) is 12.7. The molecular weight excluding hydrogens is 274 g/mol. The number of hydrogen-bond acceptors (Lipinski definition) is 5. The second kappa shape index (κ2) is 6.54. The highest BCUT2D eigenvalue weighted by Gasteiger charge is 2.26. The maximum atomic E-state index is 9.61. The first-order chi connectivity index (χ1) is 10.8. The van der Waals surface area contributed by atoms with E-state index in [1.165, 1.54) is 5.56 Å². The Kier molecular flexibility index (Phi) is 4.31. The molecular formula is C17H19N5. The van der Waals surface area contributed by atoms with E-state index in [9.17, 15) is 5.26 Å². The van der Waals surface area contributed by atoms with Gasteiger partial charge in [0.05, 0.1) is 6.07 Å². The molecule has 2 aromatic rings. The van der Waals surface area contributed by atoms with E-state index in [4.69, 9.17) is 0 Å². The van der Waals surface area contributed by atoms with Crippen LogP contribution in [0.15, 0.2) is 42.7 Å². The Morgan fingerprint density at radius 2 is 1.73 bits per heavy atom. The van der Waals surface area contributed by atoms with Crippen LogP contribution in [-0.4, -0.2) is 41.0 Å². The van der Waals surface area contributed by atoms with Gasteiger partial charge in [0.25, 0.3) is 0 Å². The minimum atomic E-state index is -0.181. The zero-order chi connectivity index (χ0) is 15.4. The van der Waals surface area contributed by atoms with E-state index in [2.05, 4.69) is 44.9 Å². The molecule has 0 amide bonds. The van der Waals surface area contributed by atoms with Crippen LogP contribution < -0.4 is 4.90 Å². The maximum Gasteiger partial charge on any atom is 0.225 e. The fourth-order valence-corrected chi connectivity index (χ4v) is 2.88. The summed E-state index contributed by atoms with van der Waals surface area (Å²) in [6.07, 6.45) is 3.53. The first-order valence-corrected chi connectivity index (χ1v) is 7.51. The molecule has 0 bridgehead atoms. The largest absolute Gasteiger partial charge is 0.338 e. The van der Waals surface area contributed by atoms with Crippen molar-refractivity contribution >= 4 is 5.95 Å². The Bertz CT molecular complexity index is 656.